The standard InChI is InChI=1S/C16H13ClF2N4O/c17-13-6-11(19)3-2-10(13)8-23-14-5-9(7-18)1-4-12(14)15(22-23)16(24)21-20/h1-6H,7-8,20H2,(H,21,24). The summed E-state index contributed by atoms with van der Waals surface area (Å²) in [6, 6.07) is 8.81. The van der Waals surface area contributed by atoms with E-state index >= 15 is 0 Å². The van der Waals surface area contributed by atoms with Crippen molar-refractivity contribution < 1.29 is 13.6 Å². The van der Waals surface area contributed by atoms with Gasteiger partial charge in [-0.2, -0.15) is 5.10 Å². The van der Waals surface area contributed by atoms with Crippen molar-refractivity contribution in [2.24, 2.45) is 5.84 Å². The molecule has 1 amide bonds. The number of carbonyl (C=O) groups is 1. The van der Waals surface area contributed by atoms with Crippen LogP contribution in [0, 0.1) is 5.82 Å². The van der Waals surface area contributed by atoms with Gasteiger partial charge in [0, 0.05) is 10.4 Å². The van der Waals surface area contributed by atoms with Crippen LogP contribution in [0.25, 0.3) is 10.9 Å². The Morgan fingerprint density at radius 3 is 2.75 bits per heavy atom. The van der Waals surface area contributed by atoms with Crippen molar-refractivity contribution in [3.8, 4) is 0 Å². The molecule has 0 aliphatic heterocycles. The fourth-order valence-electron chi connectivity index (χ4n) is 2.47. The minimum atomic E-state index is -0.642. The quantitative estimate of drug-likeness (QED) is 0.431. The zero-order chi connectivity index (χ0) is 17.3. The third-order valence-electron chi connectivity index (χ3n) is 3.65. The molecule has 1 heterocycles. The van der Waals surface area contributed by atoms with E-state index in [1.807, 2.05) is 5.43 Å². The van der Waals surface area contributed by atoms with Gasteiger partial charge < -0.3 is 0 Å². The lowest BCUT2D eigenvalue weighted by Gasteiger charge is -2.07. The third kappa shape index (κ3) is 2.95. The van der Waals surface area contributed by atoms with Crippen LogP contribution < -0.4 is 11.3 Å². The first-order valence-electron chi connectivity index (χ1n) is 7.03. The van der Waals surface area contributed by atoms with Crippen molar-refractivity contribution in [2.75, 3.05) is 0 Å². The summed E-state index contributed by atoms with van der Waals surface area (Å²) in [6.45, 7) is -0.444. The number of hydrogen-bond donors (Lipinski definition) is 2. The summed E-state index contributed by atoms with van der Waals surface area (Å²) in [4.78, 5) is 11.9. The molecule has 3 N–H and O–H groups in total. The summed E-state index contributed by atoms with van der Waals surface area (Å²) < 4.78 is 27.7. The predicted molar refractivity (Wildman–Crippen MR) is 86.7 cm³/mol. The molecular weight excluding hydrogens is 338 g/mol. The highest BCUT2D eigenvalue weighted by Crippen LogP contribution is 2.24. The minimum Gasteiger partial charge on any atom is -0.289 e. The number of amides is 1. The highest BCUT2D eigenvalue weighted by molar-refractivity contribution is 6.31. The van der Waals surface area contributed by atoms with Crippen molar-refractivity contribution in [1.82, 2.24) is 15.2 Å². The van der Waals surface area contributed by atoms with Gasteiger partial charge in [0.1, 0.15) is 12.5 Å². The number of halogens is 3. The maximum absolute atomic E-state index is 13.2. The van der Waals surface area contributed by atoms with Crippen LogP contribution in [0.2, 0.25) is 5.02 Å². The second-order valence-electron chi connectivity index (χ2n) is 5.20. The molecular formula is C16H13ClF2N4O. The largest absolute Gasteiger partial charge is 0.289 e. The number of hydrogen-bond acceptors (Lipinski definition) is 3. The number of nitrogens with one attached hydrogen (secondary N) is 1. The summed E-state index contributed by atoms with van der Waals surface area (Å²) in [6.07, 6.45) is 0. The maximum Gasteiger partial charge on any atom is 0.286 e. The average molecular weight is 351 g/mol. The molecule has 0 saturated carbocycles. The summed E-state index contributed by atoms with van der Waals surface area (Å²) >= 11 is 6.05. The molecule has 0 radical (unpaired) electrons. The lowest BCUT2D eigenvalue weighted by atomic mass is 10.1. The fourth-order valence-corrected chi connectivity index (χ4v) is 2.70. The SMILES string of the molecule is NNC(=O)c1nn(Cc2ccc(F)cc2Cl)c2cc(CF)ccc12. The second kappa shape index (κ2) is 6.54. The van der Waals surface area contributed by atoms with E-state index in [4.69, 9.17) is 17.4 Å². The van der Waals surface area contributed by atoms with Gasteiger partial charge in [-0.3, -0.25) is 14.9 Å². The number of carbonyl (C=O) groups excluding carboxylic acids is 1. The first-order chi connectivity index (χ1) is 11.5. The number of nitrogens with two attached hydrogens (primary N) is 1. The van der Waals surface area contributed by atoms with E-state index in [9.17, 15) is 13.6 Å². The van der Waals surface area contributed by atoms with E-state index in [1.54, 1.807) is 18.2 Å². The molecule has 0 aliphatic carbocycles. The second-order valence-corrected chi connectivity index (χ2v) is 5.61. The van der Waals surface area contributed by atoms with Crippen LogP contribution in [0.1, 0.15) is 21.6 Å². The molecule has 0 unspecified atom stereocenters. The van der Waals surface area contributed by atoms with Crippen LogP contribution in [0.5, 0.6) is 0 Å². The maximum atomic E-state index is 13.2. The zero-order valence-corrected chi connectivity index (χ0v) is 13.1. The lowest BCUT2D eigenvalue weighted by molar-refractivity contribution is 0.0949. The highest BCUT2D eigenvalue weighted by atomic mass is 35.5. The van der Waals surface area contributed by atoms with Crippen molar-refractivity contribution in [3.63, 3.8) is 0 Å². The Kier molecular flexibility index (Phi) is 4.46. The van der Waals surface area contributed by atoms with Crippen LogP contribution in [-0.2, 0) is 13.2 Å². The lowest BCUT2D eigenvalue weighted by Crippen LogP contribution is -2.30. The van der Waals surface area contributed by atoms with E-state index in [0.717, 1.165) is 0 Å². The molecule has 0 atom stereocenters. The van der Waals surface area contributed by atoms with Crippen LogP contribution >= 0.6 is 11.6 Å². The van der Waals surface area contributed by atoms with Crippen LogP contribution in [-0.4, -0.2) is 15.7 Å². The molecule has 0 fully saturated rings. The number of nitrogen functional groups attached to an aromatic ring is 1. The van der Waals surface area contributed by atoms with Gasteiger partial charge in [-0.1, -0.05) is 29.8 Å². The van der Waals surface area contributed by atoms with Crippen LogP contribution in [0.15, 0.2) is 36.4 Å². The van der Waals surface area contributed by atoms with E-state index in [0.29, 0.717) is 22.0 Å². The zero-order valence-electron chi connectivity index (χ0n) is 12.4. The Hall–Kier alpha value is -2.51. The molecule has 124 valence electrons. The molecule has 1 aromatic heterocycles. The van der Waals surface area contributed by atoms with Gasteiger partial charge in [0.15, 0.2) is 5.69 Å². The van der Waals surface area contributed by atoms with Crippen molar-refractivity contribution in [3.05, 3.63) is 64.1 Å². The molecule has 0 spiro atoms. The number of fused-ring (bicyclic) bond motifs is 1. The van der Waals surface area contributed by atoms with E-state index in [-0.39, 0.29) is 17.3 Å². The Morgan fingerprint density at radius 2 is 2.08 bits per heavy atom. The molecule has 2 aromatic carbocycles. The first kappa shape index (κ1) is 16.4. The Morgan fingerprint density at radius 1 is 1.29 bits per heavy atom. The molecule has 0 bridgehead atoms. The van der Waals surface area contributed by atoms with E-state index < -0.39 is 18.4 Å². The molecule has 5 nitrogen and oxygen atoms in total. The van der Waals surface area contributed by atoms with Gasteiger partial charge in [0.2, 0.25) is 0 Å². The summed E-state index contributed by atoms with van der Waals surface area (Å²) in [5.74, 6) is 4.18. The molecule has 3 rings (SSSR count). The Bertz CT molecular complexity index is 926. The molecule has 24 heavy (non-hydrogen) atoms. The number of hydrazine groups is 1. The van der Waals surface area contributed by atoms with Gasteiger partial charge in [0.05, 0.1) is 12.1 Å². The average Bonchev–Trinajstić information content (AvgIpc) is 2.94. The van der Waals surface area contributed by atoms with Crippen molar-refractivity contribution in [2.45, 2.75) is 13.2 Å². The Balaban J connectivity index is 2.13. The van der Waals surface area contributed by atoms with Gasteiger partial charge in [-0.15, -0.1) is 0 Å². The normalized spacial score (nSPS) is 11.0. The topological polar surface area (TPSA) is 72.9 Å². The highest BCUT2D eigenvalue weighted by Gasteiger charge is 2.17. The van der Waals surface area contributed by atoms with Gasteiger partial charge in [-0.05, 0) is 29.3 Å². The van der Waals surface area contributed by atoms with Crippen LogP contribution in [0.4, 0.5) is 8.78 Å². The predicted octanol–water partition coefficient (Wildman–Crippen LogP) is 2.95. The Labute approximate surface area is 141 Å². The van der Waals surface area contributed by atoms with Gasteiger partial charge in [0.25, 0.3) is 5.91 Å². The van der Waals surface area contributed by atoms with Crippen molar-refractivity contribution >= 4 is 28.4 Å². The summed E-state index contributed by atoms with van der Waals surface area (Å²) in [7, 11) is 0. The van der Waals surface area contributed by atoms with Gasteiger partial charge in [-0.25, -0.2) is 14.6 Å². The van der Waals surface area contributed by atoms with E-state index in [2.05, 4.69) is 5.10 Å². The molecule has 0 aliphatic rings. The molecule has 0 saturated heterocycles. The van der Waals surface area contributed by atoms with Crippen molar-refractivity contribution in [1.29, 1.82) is 0 Å². The smallest absolute Gasteiger partial charge is 0.286 e. The summed E-state index contributed by atoms with van der Waals surface area (Å²) in [5, 5.41) is 5.02. The molecule has 3 aromatic rings. The minimum absolute atomic E-state index is 0.121. The molecule has 8 heteroatoms. The number of benzene rings is 2. The third-order valence-corrected chi connectivity index (χ3v) is 4.00. The fraction of sp³-hybridized carbons (Fsp3) is 0.125. The summed E-state index contributed by atoms with van der Waals surface area (Å²) in [5.41, 5.74) is 3.79. The monoisotopic (exact) mass is 350 g/mol. The number of rotatable bonds is 4. The van der Waals surface area contributed by atoms with Gasteiger partial charge >= 0.3 is 0 Å². The number of aromatic nitrogens is 2. The first-order valence-corrected chi connectivity index (χ1v) is 7.41. The van der Waals surface area contributed by atoms with Crippen LogP contribution in [0.3, 0.4) is 0 Å². The number of alkyl halides is 1. The number of nitrogens with zero attached hydrogens (tertiary/aromatic N) is 2. The van der Waals surface area contributed by atoms with E-state index in [1.165, 1.54) is 22.9 Å².